The summed E-state index contributed by atoms with van der Waals surface area (Å²) >= 11 is 0. The number of likely N-dealkylation sites (tertiary alicyclic amines) is 1. The molecule has 2 N–H and O–H groups in total. The van der Waals surface area contributed by atoms with Gasteiger partial charge in [-0.05, 0) is 23.3 Å². The molecule has 0 radical (unpaired) electrons. The molecule has 2 amide bonds. The smallest absolute Gasteiger partial charge is 0.226 e. The fourth-order valence-electron chi connectivity index (χ4n) is 2.81. The van der Waals surface area contributed by atoms with Crippen LogP contribution in [0.1, 0.15) is 19.3 Å². The second kappa shape index (κ2) is 7.27. The van der Waals surface area contributed by atoms with E-state index in [0.717, 1.165) is 11.1 Å². The van der Waals surface area contributed by atoms with E-state index in [4.69, 9.17) is 0 Å². The minimum Gasteiger partial charge on any atom is -0.374 e. The molecule has 5 heteroatoms. The van der Waals surface area contributed by atoms with Gasteiger partial charge in [0.2, 0.25) is 11.8 Å². The van der Waals surface area contributed by atoms with Gasteiger partial charge in [-0.15, -0.1) is 0 Å². The van der Waals surface area contributed by atoms with Crippen molar-refractivity contribution >= 4 is 17.5 Å². The third-order valence-electron chi connectivity index (χ3n) is 4.15. The lowest BCUT2D eigenvalue weighted by Crippen LogP contribution is -2.35. The highest BCUT2D eigenvalue weighted by Crippen LogP contribution is 2.21. The number of carbonyl (C=O) groups is 2. The van der Waals surface area contributed by atoms with Crippen molar-refractivity contribution in [2.45, 2.75) is 25.5 Å². The van der Waals surface area contributed by atoms with Gasteiger partial charge in [-0.3, -0.25) is 9.59 Å². The van der Waals surface area contributed by atoms with Crippen LogP contribution in [0.5, 0.6) is 0 Å². The standard InChI is InChI=1S/C19H20N2O3/c22-17(12-13-21-18(23)10-11-19(21)24)20-16-8-6-15(7-9-16)14-4-2-1-3-5-14/h1-9,18,23H,10-13H2,(H,20,22). The number of hydrogen-bond donors (Lipinski definition) is 2. The Labute approximate surface area is 140 Å². The number of nitrogens with zero attached hydrogens (tertiary/aromatic N) is 1. The van der Waals surface area contributed by atoms with Crippen LogP contribution in [0.15, 0.2) is 54.6 Å². The number of nitrogens with one attached hydrogen (secondary N) is 1. The fraction of sp³-hybridized carbons (Fsp3) is 0.263. The van der Waals surface area contributed by atoms with E-state index in [2.05, 4.69) is 5.32 Å². The van der Waals surface area contributed by atoms with Crippen molar-refractivity contribution in [1.29, 1.82) is 0 Å². The Hall–Kier alpha value is -2.66. The average Bonchev–Trinajstić information content (AvgIpc) is 2.93. The molecule has 0 spiro atoms. The largest absolute Gasteiger partial charge is 0.374 e. The maximum atomic E-state index is 12.0. The molecule has 0 aromatic heterocycles. The molecule has 2 aromatic rings. The highest BCUT2D eigenvalue weighted by atomic mass is 16.3. The van der Waals surface area contributed by atoms with Crippen LogP contribution >= 0.6 is 0 Å². The Morgan fingerprint density at radius 3 is 2.38 bits per heavy atom. The molecule has 1 fully saturated rings. The molecule has 3 rings (SSSR count). The number of carbonyl (C=O) groups excluding carboxylic acids is 2. The van der Waals surface area contributed by atoms with E-state index < -0.39 is 6.23 Å². The molecule has 1 atom stereocenters. The summed E-state index contributed by atoms with van der Waals surface area (Å²) in [4.78, 5) is 24.9. The van der Waals surface area contributed by atoms with Gasteiger partial charge in [0.15, 0.2) is 0 Å². The Morgan fingerprint density at radius 2 is 1.75 bits per heavy atom. The van der Waals surface area contributed by atoms with E-state index in [0.29, 0.717) is 18.5 Å². The molecule has 2 aromatic carbocycles. The van der Waals surface area contributed by atoms with Gasteiger partial charge in [0.25, 0.3) is 0 Å². The fourth-order valence-corrected chi connectivity index (χ4v) is 2.81. The van der Waals surface area contributed by atoms with Crippen molar-refractivity contribution in [1.82, 2.24) is 4.90 Å². The first kappa shape index (κ1) is 16.2. The summed E-state index contributed by atoms with van der Waals surface area (Å²) < 4.78 is 0. The van der Waals surface area contributed by atoms with Crippen LogP contribution in [0.4, 0.5) is 5.69 Å². The SMILES string of the molecule is O=C(CCN1C(=O)CCC1O)Nc1ccc(-c2ccccc2)cc1. The van der Waals surface area contributed by atoms with Crippen molar-refractivity contribution in [2.75, 3.05) is 11.9 Å². The van der Waals surface area contributed by atoms with E-state index in [-0.39, 0.29) is 24.8 Å². The Kier molecular flexibility index (Phi) is 4.91. The zero-order valence-corrected chi connectivity index (χ0v) is 13.3. The second-order valence-electron chi connectivity index (χ2n) is 5.85. The molecule has 1 aliphatic heterocycles. The number of benzene rings is 2. The second-order valence-corrected chi connectivity index (χ2v) is 5.85. The predicted molar refractivity (Wildman–Crippen MR) is 92.1 cm³/mol. The lowest BCUT2D eigenvalue weighted by Gasteiger charge is -2.19. The Morgan fingerprint density at radius 1 is 1.08 bits per heavy atom. The third kappa shape index (κ3) is 3.81. The van der Waals surface area contributed by atoms with Gasteiger partial charge in [-0.2, -0.15) is 0 Å². The molecular formula is C19H20N2O3. The van der Waals surface area contributed by atoms with Crippen molar-refractivity contribution in [3.05, 3.63) is 54.6 Å². The lowest BCUT2D eigenvalue weighted by atomic mass is 10.1. The summed E-state index contributed by atoms with van der Waals surface area (Å²) in [6, 6.07) is 17.6. The van der Waals surface area contributed by atoms with Crippen molar-refractivity contribution in [3.8, 4) is 11.1 Å². The number of hydrogen-bond acceptors (Lipinski definition) is 3. The molecule has 124 valence electrons. The van der Waals surface area contributed by atoms with Crippen LogP contribution in [0.2, 0.25) is 0 Å². The molecule has 5 nitrogen and oxygen atoms in total. The molecule has 0 saturated carbocycles. The molecule has 1 saturated heterocycles. The normalized spacial score (nSPS) is 17.1. The van der Waals surface area contributed by atoms with E-state index >= 15 is 0 Å². The molecule has 1 aliphatic rings. The van der Waals surface area contributed by atoms with Crippen LogP contribution in [-0.4, -0.2) is 34.6 Å². The van der Waals surface area contributed by atoms with Crippen LogP contribution in [0.25, 0.3) is 11.1 Å². The first-order valence-corrected chi connectivity index (χ1v) is 8.06. The number of rotatable bonds is 5. The predicted octanol–water partition coefficient (Wildman–Crippen LogP) is 2.62. The lowest BCUT2D eigenvalue weighted by molar-refractivity contribution is -0.133. The highest BCUT2D eigenvalue weighted by Gasteiger charge is 2.28. The van der Waals surface area contributed by atoms with Crippen LogP contribution in [0.3, 0.4) is 0 Å². The maximum absolute atomic E-state index is 12.0. The van der Waals surface area contributed by atoms with Crippen LogP contribution in [0, 0.1) is 0 Å². The summed E-state index contributed by atoms with van der Waals surface area (Å²) in [5, 5.41) is 12.5. The van der Waals surface area contributed by atoms with Crippen molar-refractivity contribution in [2.24, 2.45) is 0 Å². The molecule has 1 heterocycles. The molecule has 24 heavy (non-hydrogen) atoms. The minimum absolute atomic E-state index is 0.0949. The van der Waals surface area contributed by atoms with E-state index in [1.807, 2.05) is 54.6 Å². The number of aliphatic hydroxyl groups excluding tert-OH is 1. The van der Waals surface area contributed by atoms with Crippen molar-refractivity contribution < 1.29 is 14.7 Å². The molecule has 0 aliphatic carbocycles. The van der Waals surface area contributed by atoms with Gasteiger partial charge in [0, 0.05) is 31.5 Å². The third-order valence-corrected chi connectivity index (χ3v) is 4.15. The van der Waals surface area contributed by atoms with E-state index in [1.165, 1.54) is 4.90 Å². The first-order valence-electron chi connectivity index (χ1n) is 8.06. The Balaban J connectivity index is 1.54. The monoisotopic (exact) mass is 324 g/mol. The quantitative estimate of drug-likeness (QED) is 0.888. The molecular weight excluding hydrogens is 304 g/mol. The maximum Gasteiger partial charge on any atom is 0.226 e. The van der Waals surface area contributed by atoms with Crippen molar-refractivity contribution in [3.63, 3.8) is 0 Å². The summed E-state index contributed by atoms with van der Waals surface area (Å²) in [5.74, 6) is -0.267. The number of amides is 2. The summed E-state index contributed by atoms with van der Waals surface area (Å²) in [5.41, 5.74) is 2.92. The average molecular weight is 324 g/mol. The Bertz CT molecular complexity index is 713. The first-order chi connectivity index (χ1) is 11.6. The number of anilines is 1. The summed E-state index contributed by atoms with van der Waals surface area (Å²) in [6.45, 7) is 0.244. The summed E-state index contributed by atoms with van der Waals surface area (Å²) in [6.07, 6.45) is 0.212. The topological polar surface area (TPSA) is 69.6 Å². The van der Waals surface area contributed by atoms with Gasteiger partial charge >= 0.3 is 0 Å². The van der Waals surface area contributed by atoms with E-state index in [1.54, 1.807) is 0 Å². The van der Waals surface area contributed by atoms with Crippen LogP contribution < -0.4 is 5.32 Å². The molecule has 1 unspecified atom stereocenters. The van der Waals surface area contributed by atoms with E-state index in [9.17, 15) is 14.7 Å². The summed E-state index contributed by atoms with van der Waals surface area (Å²) in [7, 11) is 0. The van der Waals surface area contributed by atoms with Crippen LogP contribution in [-0.2, 0) is 9.59 Å². The van der Waals surface area contributed by atoms with Gasteiger partial charge in [0.05, 0.1) is 0 Å². The minimum atomic E-state index is -0.754. The zero-order valence-electron chi connectivity index (χ0n) is 13.3. The number of aliphatic hydroxyl groups is 1. The zero-order chi connectivity index (χ0) is 16.9. The van der Waals surface area contributed by atoms with Gasteiger partial charge in [0.1, 0.15) is 6.23 Å². The van der Waals surface area contributed by atoms with Gasteiger partial charge < -0.3 is 15.3 Å². The van der Waals surface area contributed by atoms with Gasteiger partial charge in [-0.25, -0.2) is 0 Å². The molecule has 0 bridgehead atoms. The van der Waals surface area contributed by atoms with Gasteiger partial charge in [-0.1, -0.05) is 42.5 Å². The highest BCUT2D eigenvalue weighted by molar-refractivity contribution is 5.91.